The summed E-state index contributed by atoms with van der Waals surface area (Å²) in [6, 6.07) is 0.366. The molecule has 0 aliphatic carbocycles. The zero-order valence-corrected chi connectivity index (χ0v) is 10.9. The highest BCUT2D eigenvalue weighted by molar-refractivity contribution is 5.78. The fraction of sp³-hybridized carbons (Fsp3) is 0.923. The number of nitrogens with one attached hydrogen (secondary N) is 1. The van der Waals surface area contributed by atoms with E-state index in [0.29, 0.717) is 18.4 Å². The summed E-state index contributed by atoms with van der Waals surface area (Å²) in [4.78, 5) is 13.9. The first-order chi connectivity index (χ1) is 8.05. The molecule has 3 saturated heterocycles. The maximum absolute atomic E-state index is 11.4. The number of fused-ring (bicyclic) bond motifs is 3. The number of rotatable bonds is 5. The summed E-state index contributed by atoms with van der Waals surface area (Å²) >= 11 is 0. The molecule has 4 nitrogen and oxygen atoms in total. The average molecular weight is 240 g/mol. The Morgan fingerprint density at radius 2 is 2.12 bits per heavy atom. The van der Waals surface area contributed by atoms with Crippen molar-refractivity contribution in [2.24, 2.45) is 5.92 Å². The number of carbonyl (C=O) groups is 1. The summed E-state index contributed by atoms with van der Waals surface area (Å²) in [6.45, 7) is 7.29. The fourth-order valence-corrected chi connectivity index (χ4v) is 3.28. The van der Waals surface area contributed by atoms with Crippen molar-refractivity contribution in [3.05, 3.63) is 0 Å². The van der Waals surface area contributed by atoms with Crippen LogP contribution in [0.15, 0.2) is 0 Å². The van der Waals surface area contributed by atoms with E-state index in [0.717, 1.165) is 13.0 Å². The summed E-state index contributed by atoms with van der Waals surface area (Å²) in [6.07, 6.45) is 4.04. The molecule has 0 spiro atoms. The van der Waals surface area contributed by atoms with Gasteiger partial charge >= 0.3 is 5.97 Å². The summed E-state index contributed by atoms with van der Waals surface area (Å²) in [7, 11) is 0. The average Bonchev–Trinajstić information content (AvgIpc) is 2.30. The number of hydrogen-bond donors (Lipinski definition) is 2. The minimum absolute atomic E-state index is 0.366. The SMILES string of the molecule is CCCC(C)(NC1CN2CCC1CC2)C(=O)O. The first-order valence-electron chi connectivity index (χ1n) is 6.78. The third kappa shape index (κ3) is 2.63. The molecular weight excluding hydrogens is 216 g/mol. The third-order valence-electron chi connectivity index (χ3n) is 4.38. The Bertz CT molecular complexity index is 287. The highest BCUT2D eigenvalue weighted by atomic mass is 16.4. The Balaban J connectivity index is 2.01. The lowest BCUT2D eigenvalue weighted by atomic mass is 9.82. The van der Waals surface area contributed by atoms with E-state index < -0.39 is 11.5 Å². The van der Waals surface area contributed by atoms with E-state index in [4.69, 9.17) is 0 Å². The van der Waals surface area contributed by atoms with Gasteiger partial charge in [-0.25, -0.2) is 0 Å². The van der Waals surface area contributed by atoms with E-state index in [1.54, 1.807) is 0 Å². The molecule has 2 unspecified atom stereocenters. The van der Waals surface area contributed by atoms with Gasteiger partial charge in [0.25, 0.3) is 0 Å². The van der Waals surface area contributed by atoms with Crippen LogP contribution < -0.4 is 5.32 Å². The van der Waals surface area contributed by atoms with Crippen molar-refractivity contribution in [3.8, 4) is 0 Å². The molecule has 2 atom stereocenters. The second kappa shape index (κ2) is 4.94. The molecule has 3 aliphatic rings. The van der Waals surface area contributed by atoms with Crippen LogP contribution in [-0.4, -0.2) is 47.2 Å². The number of carboxylic acid groups (broad SMARTS) is 1. The van der Waals surface area contributed by atoms with E-state index in [1.807, 2.05) is 13.8 Å². The largest absolute Gasteiger partial charge is 0.480 e. The van der Waals surface area contributed by atoms with Crippen LogP contribution in [-0.2, 0) is 4.79 Å². The van der Waals surface area contributed by atoms with Crippen LogP contribution in [0.5, 0.6) is 0 Å². The maximum Gasteiger partial charge on any atom is 0.323 e. The smallest absolute Gasteiger partial charge is 0.323 e. The molecule has 98 valence electrons. The molecule has 17 heavy (non-hydrogen) atoms. The molecule has 2 N–H and O–H groups in total. The van der Waals surface area contributed by atoms with Crippen molar-refractivity contribution in [3.63, 3.8) is 0 Å². The fourth-order valence-electron chi connectivity index (χ4n) is 3.28. The zero-order valence-electron chi connectivity index (χ0n) is 10.9. The molecule has 0 saturated carbocycles. The highest BCUT2D eigenvalue weighted by Gasteiger charge is 2.40. The third-order valence-corrected chi connectivity index (χ3v) is 4.38. The number of aliphatic carboxylic acids is 1. The van der Waals surface area contributed by atoms with E-state index in [2.05, 4.69) is 10.2 Å². The van der Waals surface area contributed by atoms with Crippen LogP contribution in [0.3, 0.4) is 0 Å². The van der Waals surface area contributed by atoms with Crippen LogP contribution in [0.4, 0.5) is 0 Å². The second-order valence-electron chi connectivity index (χ2n) is 5.78. The molecule has 0 aromatic carbocycles. The van der Waals surface area contributed by atoms with Gasteiger partial charge in [0.2, 0.25) is 0 Å². The molecule has 3 fully saturated rings. The van der Waals surface area contributed by atoms with Gasteiger partial charge in [-0.3, -0.25) is 10.1 Å². The van der Waals surface area contributed by atoms with Gasteiger partial charge in [0.05, 0.1) is 0 Å². The molecule has 3 rings (SSSR count). The van der Waals surface area contributed by atoms with Gasteiger partial charge in [0, 0.05) is 12.6 Å². The molecule has 2 bridgehead atoms. The summed E-state index contributed by atoms with van der Waals surface area (Å²) in [5, 5.41) is 12.8. The molecule has 0 amide bonds. The monoisotopic (exact) mass is 240 g/mol. The minimum atomic E-state index is -0.752. The number of carboxylic acids is 1. The van der Waals surface area contributed by atoms with Crippen molar-refractivity contribution in [2.75, 3.05) is 19.6 Å². The Kier molecular flexibility index (Phi) is 3.73. The molecule has 3 aliphatic heterocycles. The van der Waals surface area contributed by atoms with Gasteiger partial charge < -0.3 is 10.0 Å². The lowest BCUT2D eigenvalue weighted by molar-refractivity contribution is -0.145. The predicted molar refractivity (Wildman–Crippen MR) is 67.0 cm³/mol. The molecule has 4 heteroatoms. The molecule has 3 heterocycles. The topological polar surface area (TPSA) is 52.6 Å². The van der Waals surface area contributed by atoms with E-state index in [9.17, 15) is 9.90 Å². The summed E-state index contributed by atoms with van der Waals surface area (Å²) < 4.78 is 0. The standard InChI is InChI=1S/C13H24N2O2/c1-3-6-13(2,12(16)17)14-11-9-15-7-4-10(11)5-8-15/h10-11,14H,3-9H2,1-2H3,(H,16,17). The Morgan fingerprint density at radius 3 is 2.53 bits per heavy atom. The van der Waals surface area contributed by atoms with Gasteiger partial charge in [-0.1, -0.05) is 13.3 Å². The van der Waals surface area contributed by atoms with Gasteiger partial charge in [-0.05, 0) is 45.2 Å². The summed E-state index contributed by atoms with van der Waals surface area (Å²) in [5.74, 6) is -0.0358. The molecule has 0 aromatic heterocycles. The zero-order chi connectivity index (χ0) is 12.5. The second-order valence-corrected chi connectivity index (χ2v) is 5.78. The van der Waals surface area contributed by atoms with E-state index >= 15 is 0 Å². The molecular formula is C13H24N2O2. The Morgan fingerprint density at radius 1 is 1.47 bits per heavy atom. The van der Waals surface area contributed by atoms with Crippen molar-refractivity contribution >= 4 is 5.97 Å². The van der Waals surface area contributed by atoms with Gasteiger partial charge in [-0.2, -0.15) is 0 Å². The van der Waals surface area contributed by atoms with Crippen LogP contribution in [0.1, 0.15) is 39.5 Å². The van der Waals surface area contributed by atoms with Crippen molar-refractivity contribution in [2.45, 2.75) is 51.1 Å². The van der Waals surface area contributed by atoms with Crippen LogP contribution >= 0.6 is 0 Å². The Hall–Kier alpha value is -0.610. The molecule has 0 aromatic rings. The van der Waals surface area contributed by atoms with Gasteiger partial charge in [0.1, 0.15) is 5.54 Å². The van der Waals surface area contributed by atoms with Crippen LogP contribution in [0.2, 0.25) is 0 Å². The lowest BCUT2D eigenvalue weighted by Crippen LogP contribution is -2.63. The van der Waals surface area contributed by atoms with Crippen LogP contribution in [0.25, 0.3) is 0 Å². The first-order valence-corrected chi connectivity index (χ1v) is 6.78. The predicted octanol–water partition coefficient (Wildman–Crippen LogP) is 1.31. The highest BCUT2D eigenvalue weighted by Crippen LogP contribution is 2.29. The minimum Gasteiger partial charge on any atom is -0.480 e. The normalized spacial score (nSPS) is 35.5. The van der Waals surface area contributed by atoms with Gasteiger partial charge in [0.15, 0.2) is 0 Å². The van der Waals surface area contributed by atoms with Crippen molar-refractivity contribution in [1.82, 2.24) is 10.2 Å². The lowest BCUT2D eigenvalue weighted by Gasteiger charge is -2.47. The van der Waals surface area contributed by atoms with E-state index in [-0.39, 0.29) is 0 Å². The van der Waals surface area contributed by atoms with Gasteiger partial charge in [-0.15, -0.1) is 0 Å². The number of hydrogen-bond acceptors (Lipinski definition) is 3. The number of nitrogens with zero attached hydrogens (tertiary/aromatic N) is 1. The van der Waals surface area contributed by atoms with E-state index in [1.165, 1.54) is 25.9 Å². The molecule has 0 radical (unpaired) electrons. The number of piperidine rings is 3. The van der Waals surface area contributed by atoms with Crippen molar-refractivity contribution < 1.29 is 9.90 Å². The van der Waals surface area contributed by atoms with Crippen molar-refractivity contribution in [1.29, 1.82) is 0 Å². The summed E-state index contributed by atoms with van der Waals surface area (Å²) in [5.41, 5.74) is -0.752. The quantitative estimate of drug-likeness (QED) is 0.761. The van der Waals surface area contributed by atoms with Crippen LogP contribution in [0, 0.1) is 5.92 Å². The Labute approximate surface area is 103 Å². The maximum atomic E-state index is 11.4. The first kappa shape index (κ1) is 12.8.